The van der Waals surface area contributed by atoms with Crippen molar-refractivity contribution in [3.8, 4) is 0 Å². The topological polar surface area (TPSA) is 66.5 Å². The Morgan fingerprint density at radius 3 is 2.54 bits per heavy atom. The number of hydrogen-bond acceptors (Lipinski definition) is 3. The summed E-state index contributed by atoms with van der Waals surface area (Å²) in [5, 5.41) is 0. The zero-order valence-electron chi connectivity index (χ0n) is 12.4. The average Bonchev–Trinajstić information content (AvgIpc) is 2.89. The third kappa shape index (κ3) is 3.50. The Morgan fingerprint density at radius 1 is 1.17 bits per heavy atom. The molecule has 0 unspecified atom stereocenters. The molecule has 1 fully saturated rings. The van der Waals surface area contributed by atoms with Crippen molar-refractivity contribution in [2.75, 3.05) is 11.4 Å². The number of nitrogens with zero attached hydrogens (tertiary/aromatic N) is 1. The van der Waals surface area contributed by atoms with Gasteiger partial charge < -0.3 is 4.90 Å². The van der Waals surface area contributed by atoms with Crippen LogP contribution in [0.1, 0.15) is 6.42 Å². The molecule has 1 aliphatic heterocycles. The second-order valence-electron chi connectivity index (χ2n) is 5.39. The summed E-state index contributed by atoms with van der Waals surface area (Å²) in [4.78, 5) is 14.0. The summed E-state index contributed by atoms with van der Waals surface area (Å²) in [6.45, 7) is 0.371. The van der Waals surface area contributed by atoms with E-state index in [0.717, 1.165) is 0 Å². The van der Waals surface area contributed by atoms with Gasteiger partial charge in [0.2, 0.25) is 15.9 Å². The van der Waals surface area contributed by atoms with E-state index >= 15 is 0 Å². The maximum atomic E-state index is 13.0. The van der Waals surface area contributed by atoms with E-state index in [4.69, 9.17) is 0 Å². The fraction of sp³-hybridized carbons (Fsp3) is 0.188. The Bertz CT molecular complexity index is 871. The van der Waals surface area contributed by atoms with Crippen LogP contribution in [0.5, 0.6) is 0 Å². The van der Waals surface area contributed by atoms with E-state index in [9.17, 15) is 17.6 Å². The zero-order valence-corrected chi connectivity index (χ0v) is 14.8. The van der Waals surface area contributed by atoms with Crippen molar-refractivity contribution in [2.45, 2.75) is 17.4 Å². The summed E-state index contributed by atoms with van der Waals surface area (Å²) < 4.78 is 40.9. The Morgan fingerprint density at radius 2 is 1.88 bits per heavy atom. The van der Waals surface area contributed by atoms with Crippen molar-refractivity contribution in [1.82, 2.24) is 4.72 Å². The maximum Gasteiger partial charge on any atom is 0.245 e. The largest absolute Gasteiger partial charge is 0.311 e. The molecular formula is C16H14BrFN2O3S. The van der Waals surface area contributed by atoms with Crippen LogP contribution >= 0.6 is 15.9 Å². The van der Waals surface area contributed by atoms with Gasteiger partial charge in [-0.05, 0) is 48.9 Å². The minimum absolute atomic E-state index is 0.0879. The van der Waals surface area contributed by atoms with Crippen molar-refractivity contribution in [2.24, 2.45) is 0 Å². The number of rotatable bonds is 4. The van der Waals surface area contributed by atoms with Crippen LogP contribution in [-0.4, -0.2) is 26.9 Å². The fourth-order valence-electron chi connectivity index (χ4n) is 2.56. The number of halogens is 2. The molecule has 0 saturated carbocycles. The molecule has 2 aromatic rings. The van der Waals surface area contributed by atoms with Crippen LogP contribution in [0, 0.1) is 5.82 Å². The monoisotopic (exact) mass is 412 g/mol. The molecule has 5 nitrogen and oxygen atoms in total. The van der Waals surface area contributed by atoms with Crippen LogP contribution in [0.3, 0.4) is 0 Å². The van der Waals surface area contributed by atoms with Crippen LogP contribution < -0.4 is 9.62 Å². The molecule has 1 N–H and O–H groups in total. The van der Waals surface area contributed by atoms with Crippen LogP contribution in [0.4, 0.5) is 10.1 Å². The molecule has 0 spiro atoms. The summed E-state index contributed by atoms with van der Waals surface area (Å²) in [5.41, 5.74) is 0.547. The van der Waals surface area contributed by atoms with Crippen LogP contribution in [-0.2, 0) is 14.8 Å². The lowest BCUT2D eigenvalue weighted by molar-refractivity contribution is -0.118. The van der Waals surface area contributed by atoms with Crippen molar-refractivity contribution in [3.05, 3.63) is 58.8 Å². The molecule has 24 heavy (non-hydrogen) atoms. The molecule has 2 aromatic carbocycles. The van der Waals surface area contributed by atoms with Gasteiger partial charge in [-0.25, -0.2) is 12.8 Å². The molecule has 126 valence electrons. The van der Waals surface area contributed by atoms with E-state index in [1.807, 2.05) is 0 Å². The van der Waals surface area contributed by atoms with E-state index in [0.29, 0.717) is 23.1 Å². The molecule has 1 atom stereocenters. The Kier molecular flexibility index (Phi) is 4.71. The lowest BCUT2D eigenvalue weighted by Gasteiger charge is -2.17. The molecular weight excluding hydrogens is 399 g/mol. The first kappa shape index (κ1) is 17.1. The molecule has 1 heterocycles. The standard InChI is InChI=1S/C16H14BrFN2O3S/c17-11-2-1-3-14(10-11)24(22,23)19-15-8-9-20(16(15)21)13-6-4-12(18)5-7-13/h1-7,10,15,19H,8-9H2/t15-/m0/s1. The SMILES string of the molecule is O=C1[C@@H](NS(=O)(=O)c2cccc(Br)c2)CCN1c1ccc(F)cc1. The van der Waals surface area contributed by atoms with Gasteiger partial charge in [-0.3, -0.25) is 4.79 Å². The highest BCUT2D eigenvalue weighted by Gasteiger charge is 2.35. The average molecular weight is 413 g/mol. The Balaban J connectivity index is 1.77. The summed E-state index contributed by atoms with van der Waals surface area (Å²) in [6, 6.07) is 11.0. The first-order chi connectivity index (χ1) is 11.4. The van der Waals surface area contributed by atoms with Gasteiger partial charge in [0.25, 0.3) is 0 Å². The van der Waals surface area contributed by atoms with Gasteiger partial charge in [0.05, 0.1) is 4.90 Å². The van der Waals surface area contributed by atoms with Gasteiger partial charge in [0.15, 0.2) is 0 Å². The molecule has 1 aliphatic rings. The molecule has 0 radical (unpaired) electrons. The first-order valence-corrected chi connectivity index (χ1v) is 9.49. The number of benzene rings is 2. The highest BCUT2D eigenvalue weighted by Crippen LogP contribution is 2.23. The van der Waals surface area contributed by atoms with E-state index in [-0.39, 0.29) is 10.8 Å². The number of sulfonamides is 1. The molecule has 8 heteroatoms. The summed E-state index contributed by atoms with van der Waals surface area (Å²) in [5.74, 6) is -0.738. The summed E-state index contributed by atoms with van der Waals surface area (Å²) in [6.07, 6.45) is 0.351. The highest BCUT2D eigenvalue weighted by atomic mass is 79.9. The van der Waals surface area contributed by atoms with E-state index in [1.165, 1.54) is 41.3 Å². The van der Waals surface area contributed by atoms with Gasteiger partial charge in [-0.1, -0.05) is 22.0 Å². The molecule has 3 rings (SSSR count). The quantitative estimate of drug-likeness (QED) is 0.839. The van der Waals surface area contributed by atoms with Gasteiger partial charge >= 0.3 is 0 Å². The van der Waals surface area contributed by atoms with Crippen molar-refractivity contribution < 1.29 is 17.6 Å². The molecule has 0 aliphatic carbocycles. The summed E-state index contributed by atoms with van der Waals surface area (Å²) >= 11 is 3.23. The van der Waals surface area contributed by atoms with E-state index < -0.39 is 21.9 Å². The van der Waals surface area contributed by atoms with Crippen molar-refractivity contribution >= 4 is 37.5 Å². The van der Waals surface area contributed by atoms with Crippen molar-refractivity contribution in [3.63, 3.8) is 0 Å². The van der Waals surface area contributed by atoms with Crippen LogP contribution in [0.15, 0.2) is 57.9 Å². The molecule has 0 bridgehead atoms. The third-order valence-corrected chi connectivity index (χ3v) is 5.71. The van der Waals surface area contributed by atoms with Gasteiger partial charge in [0, 0.05) is 16.7 Å². The number of carbonyl (C=O) groups excluding carboxylic acids is 1. The van der Waals surface area contributed by atoms with Crippen LogP contribution in [0.25, 0.3) is 0 Å². The second-order valence-corrected chi connectivity index (χ2v) is 8.02. The number of amides is 1. The number of nitrogens with one attached hydrogen (secondary N) is 1. The first-order valence-electron chi connectivity index (χ1n) is 7.22. The molecule has 1 amide bonds. The minimum atomic E-state index is -3.80. The lowest BCUT2D eigenvalue weighted by atomic mass is 10.3. The lowest BCUT2D eigenvalue weighted by Crippen LogP contribution is -2.41. The van der Waals surface area contributed by atoms with Crippen LogP contribution in [0.2, 0.25) is 0 Å². The van der Waals surface area contributed by atoms with Gasteiger partial charge in [0.1, 0.15) is 11.9 Å². The smallest absolute Gasteiger partial charge is 0.245 e. The zero-order chi connectivity index (χ0) is 17.3. The summed E-state index contributed by atoms with van der Waals surface area (Å²) in [7, 11) is -3.80. The predicted molar refractivity (Wildman–Crippen MR) is 91.6 cm³/mol. The predicted octanol–water partition coefficient (Wildman–Crippen LogP) is 2.67. The van der Waals surface area contributed by atoms with Gasteiger partial charge in [-0.15, -0.1) is 0 Å². The maximum absolute atomic E-state index is 13.0. The number of anilines is 1. The number of hydrogen-bond donors (Lipinski definition) is 1. The van der Waals surface area contributed by atoms with E-state index in [1.54, 1.807) is 12.1 Å². The molecule has 1 saturated heterocycles. The fourth-order valence-corrected chi connectivity index (χ4v) is 4.38. The van der Waals surface area contributed by atoms with Gasteiger partial charge in [-0.2, -0.15) is 4.72 Å². The van der Waals surface area contributed by atoms with E-state index in [2.05, 4.69) is 20.7 Å². The Hall–Kier alpha value is -1.77. The highest BCUT2D eigenvalue weighted by molar-refractivity contribution is 9.10. The molecule has 0 aromatic heterocycles. The second kappa shape index (κ2) is 6.62. The normalized spacial score (nSPS) is 18.2. The number of carbonyl (C=O) groups is 1. The minimum Gasteiger partial charge on any atom is -0.311 e. The van der Waals surface area contributed by atoms with Crippen molar-refractivity contribution in [1.29, 1.82) is 0 Å². The third-order valence-electron chi connectivity index (χ3n) is 3.75. The Labute approximate surface area is 147 Å².